The Hall–Kier alpha value is -3.12. The highest BCUT2D eigenvalue weighted by atomic mass is 16.5. The van der Waals surface area contributed by atoms with Crippen molar-refractivity contribution in [2.45, 2.75) is 18.9 Å². The summed E-state index contributed by atoms with van der Waals surface area (Å²) in [6.07, 6.45) is 5.76. The maximum absolute atomic E-state index is 12.8. The Morgan fingerprint density at radius 1 is 1.14 bits per heavy atom. The van der Waals surface area contributed by atoms with Gasteiger partial charge in [-0.1, -0.05) is 30.3 Å². The van der Waals surface area contributed by atoms with Gasteiger partial charge in [-0.25, -0.2) is 4.68 Å². The molecule has 3 aromatic rings. The number of aromatic nitrogens is 2. The number of ether oxygens (including phenoxy) is 1. The minimum Gasteiger partial charge on any atom is -0.497 e. The Labute approximate surface area is 171 Å². The Balaban J connectivity index is 1.47. The molecule has 0 bridgehead atoms. The van der Waals surface area contributed by atoms with Crippen LogP contribution < -0.4 is 10.1 Å². The van der Waals surface area contributed by atoms with Gasteiger partial charge < -0.3 is 10.1 Å². The van der Waals surface area contributed by atoms with Crippen LogP contribution in [-0.4, -0.2) is 47.3 Å². The predicted molar refractivity (Wildman–Crippen MR) is 112 cm³/mol. The number of nitrogens with one attached hydrogen (secondary N) is 1. The largest absolute Gasteiger partial charge is 0.497 e. The van der Waals surface area contributed by atoms with Crippen LogP contribution in [0.25, 0.3) is 5.69 Å². The van der Waals surface area contributed by atoms with Crippen LogP contribution in [0.5, 0.6) is 5.75 Å². The fraction of sp³-hybridized carbons (Fsp3) is 0.304. The molecule has 1 aromatic heterocycles. The fourth-order valence-electron chi connectivity index (χ4n) is 3.81. The van der Waals surface area contributed by atoms with Crippen LogP contribution in [0, 0.1) is 0 Å². The summed E-state index contributed by atoms with van der Waals surface area (Å²) >= 11 is 0. The molecule has 1 amide bonds. The third-order valence-electron chi connectivity index (χ3n) is 5.38. The second-order valence-electron chi connectivity index (χ2n) is 7.25. The molecule has 1 fully saturated rings. The first-order valence-electron chi connectivity index (χ1n) is 10.0. The zero-order valence-electron chi connectivity index (χ0n) is 16.6. The number of carbonyl (C=O) groups excluding carboxylic acids is 1. The Morgan fingerprint density at radius 2 is 1.93 bits per heavy atom. The Bertz CT molecular complexity index is 948. The van der Waals surface area contributed by atoms with Gasteiger partial charge in [0, 0.05) is 12.7 Å². The molecule has 1 aliphatic rings. The molecule has 0 saturated carbocycles. The van der Waals surface area contributed by atoms with E-state index in [9.17, 15) is 4.79 Å². The molecule has 1 saturated heterocycles. The van der Waals surface area contributed by atoms with Crippen LogP contribution in [0.1, 0.15) is 34.8 Å². The summed E-state index contributed by atoms with van der Waals surface area (Å²) in [5, 5.41) is 7.42. The van der Waals surface area contributed by atoms with Crippen LogP contribution in [0.3, 0.4) is 0 Å². The van der Waals surface area contributed by atoms with Crippen molar-refractivity contribution >= 4 is 5.91 Å². The highest BCUT2D eigenvalue weighted by molar-refractivity contribution is 5.93. The Morgan fingerprint density at radius 3 is 2.69 bits per heavy atom. The van der Waals surface area contributed by atoms with Crippen molar-refractivity contribution in [3.05, 3.63) is 78.1 Å². The predicted octanol–water partition coefficient (Wildman–Crippen LogP) is 3.45. The van der Waals surface area contributed by atoms with E-state index in [0.717, 1.165) is 30.1 Å². The third-order valence-corrected chi connectivity index (χ3v) is 5.38. The van der Waals surface area contributed by atoms with E-state index in [-0.39, 0.29) is 11.9 Å². The molecule has 1 atom stereocenters. The summed E-state index contributed by atoms with van der Waals surface area (Å²) in [5.41, 5.74) is 2.64. The molecule has 150 valence electrons. The van der Waals surface area contributed by atoms with E-state index in [0.29, 0.717) is 12.1 Å². The molecule has 6 heteroatoms. The molecule has 1 aliphatic heterocycles. The van der Waals surface area contributed by atoms with Crippen molar-refractivity contribution in [3.8, 4) is 11.4 Å². The van der Waals surface area contributed by atoms with E-state index in [1.807, 2.05) is 42.5 Å². The first kappa shape index (κ1) is 19.2. The van der Waals surface area contributed by atoms with E-state index in [1.165, 1.54) is 12.8 Å². The van der Waals surface area contributed by atoms with Crippen molar-refractivity contribution in [3.63, 3.8) is 0 Å². The summed E-state index contributed by atoms with van der Waals surface area (Å²) < 4.78 is 7.11. The van der Waals surface area contributed by atoms with Crippen LogP contribution >= 0.6 is 0 Å². The van der Waals surface area contributed by atoms with Gasteiger partial charge >= 0.3 is 0 Å². The summed E-state index contributed by atoms with van der Waals surface area (Å²) in [6.45, 7) is 2.63. The molecule has 0 aliphatic carbocycles. The minimum atomic E-state index is -0.112. The van der Waals surface area contributed by atoms with Gasteiger partial charge in [0.15, 0.2) is 0 Å². The normalized spacial score (nSPS) is 15.2. The number of likely N-dealkylation sites (tertiary alicyclic amines) is 1. The van der Waals surface area contributed by atoms with E-state index in [1.54, 1.807) is 24.2 Å². The van der Waals surface area contributed by atoms with Crippen molar-refractivity contribution in [1.82, 2.24) is 20.0 Å². The van der Waals surface area contributed by atoms with Crippen LogP contribution in [0.2, 0.25) is 0 Å². The molecular formula is C23H26N4O2. The summed E-state index contributed by atoms with van der Waals surface area (Å²) in [4.78, 5) is 15.2. The number of methoxy groups -OCH3 is 1. The van der Waals surface area contributed by atoms with Crippen molar-refractivity contribution in [2.75, 3.05) is 26.7 Å². The number of amides is 1. The van der Waals surface area contributed by atoms with E-state index < -0.39 is 0 Å². The molecule has 2 aromatic carbocycles. The van der Waals surface area contributed by atoms with Gasteiger partial charge in [-0.15, -0.1) is 0 Å². The number of hydrogen-bond donors (Lipinski definition) is 1. The smallest absolute Gasteiger partial charge is 0.254 e. The zero-order valence-corrected chi connectivity index (χ0v) is 16.6. The molecule has 6 nitrogen and oxygen atoms in total. The zero-order chi connectivity index (χ0) is 20.1. The number of nitrogens with zero attached hydrogens (tertiary/aromatic N) is 3. The number of hydrogen-bond acceptors (Lipinski definition) is 4. The lowest BCUT2D eigenvalue weighted by Crippen LogP contribution is -2.36. The number of rotatable bonds is 7. The van der Waals surface area contributed by atoms with Crippen molar-refractivity contribution < 1.29 is 9.53 Å². The van der Waals surface area contributed by atoms with E-state index in [2.05, 4.69) is 27.4 Å². The molecular weight excluding hydrogens is 364 g/mol. The molecule has 1 N–H and O–H groups in total. The number of carbonyl (C=O) groups is 1. The first-order valence-corrected chi connectivity index (χ1v) is 10.0. The summed E-state index contributed by atoms with van der Waals surface area (Å²) in [5.74, 6) is 0.724. The van der Waals surface area contributed by atoms with Gasteiger partial charge in [0.25, 0.3) is 5.91 Å². The number of benzene rings is 2. The number of para-hydroxylation sites is 1. The van der Waals surface area contributed by atoms with E-state index in [4.69, 9.17) is 4.74 Å². The molecule has 4 rings (SSSR count). The summed E-state index contributed by atoms with van der Waals surface area (Å²) in [6, 6.07) is 18.0. The highest BCUT2D eigenvalue weighted by Gasteiger charge is 2.24. The van der Waals surface area contributed by atoms with Gasteiger partial charge in [0.2, 0.25) is 0 Å². The van der Waals surface area contributed by atoms with Gasteiger partial charge in [0.05, 0.1) is 30.6 Å². The molecule has 2 heterocycles. The van der Waals surface area contributed by atoms with Gasteiger partial charge in [-0.3, -0.25) is 9.69 Å². The van der Waals surface area contributed by atoms with Crippen molar-refractivity contribution in [2.24, 2.45) is 0 Å². The molecule has 1 unspecified atom stereocenters. The average molecular weight is 390 g/mol. The fourth-order valence-corrected chi connectivity index (χ4v) is 3.81. The van der Waals surface area contributed by atoms with Crippen LogP contribution in [-0.2, 0) is 0 Å². The Kier molecular flexibility index (Phi) is 5.91. The maximum atomic E-state index is 12.8. The monoisotopic (exact) mass is 390 g/mol. The highest BCUT2D eigenvalue weighted by Crippen LogP contribution is 2.27. The van der Waals surface area contributed by atoms with Gasteiger partial charge in [-0.2, -0.15) is 5.10 Å². The summed E-state index contributed by atoms with van der Waals surface area (Å²) in [7, 11) is 1.68. The standard InChI is InChI=1S/C23H26N4O2/c1-29-21-11-7-8-18(14-21)22(26-12-5-6-13-26)16-24-23(28)19-15-25-27(17-19)20-9-3-2-4-10-20/h2-4,7-11,14-15,17,22H,5-6,12-13,16H2,1H3,(H,24,28). The van der Waals surface area contributed by atoms with Crippen molar-refractivity contribution in [1.29, 1.82) is 0 Å². The van der Waals surface area contributed by atoms with Crippen LogP contribution in [0.4, 0.5) is 0 Å². The van der Waals surface area contributed by atoms with Gasteiger partial charge in [-0.05, 0) is 55.8 Å². The van der Waals surface area contributed by atoms with Crippen LogP contribution in [0.15, 0.2) is 67.0 Å². The topological polar surface area (TPSA) is 59.4 Å². The van der Waals surface area contributed by atoms with Gasteiger partial charge in [0.1, 0.15) is 5.75 Å². The lowest BCUT2D eigenvalue weighted by molar-refractivity contribution is 0.0938. The SMILES string of the molecule is COc1cccc(C(CNC(=O)c2cnn(-c3ccccc3)c2)N2CCCC2)c1. The molecule has 0 radical (unpaired) electrons. The maximum Gasteiger partial charge on any atom is 0.254 e. The third kappa shape index (κ3) is 4.49. The second kappa shape index (κ2) is 8.92. The lowest BCUT2D eigenvalue weighted by atomic mass is 10.0. The minimum absolute atomic E-state index is 0.112. The second-order valence-corrected chi connectivity index (χ2v) is 7.25. The average Bonchev–Trinajstić information content (AvgIpc) is 3.47. The molecule has 0 spiro atoms. The molecule has 29 heavy (non-hydrogen) atoms. The van der Waals surface area contributed by atoms with E-state index >= 15 is 0 Å². The quantitative estimate of drug-likeness (QED) is 0.671. The lowest BCUT2D eigenvalue weighted by Gasteiger charge is -2.28. The first-order chi connectivity index (χ1) is 14.2.